The highest BCUT2D eigenvalue weighted by atomic mass is 32.2. The molecule has 0 aliphatic rings. The molecule has 174 valence electrons. The van der Waals surface area contributed by atoms with Crippen molar-refractivity contribution in [3.8, 4) is 5.75 Å². The molecule has 0 aliphatic heterocycles. The first-order valence-electron chi connectivity index (χ1n) is 10.7. The zero-order chi connectivity index (χ0) is 23.8. The van der Waals surface area contributed by atoms with E-state index in [9.17, 15) is 13.2 Å². The molecule has 0 aliphatic carbocycles. The van der Waals surface area contributed by atoms with Gasteiger partial charge in [0.25, 0.3) is 0 Å². The Hall–Kier alpha value is -2.81. The van der Waals surface area contributed by atoms with E-state index in [-0.39, 0.29) is 10.8 Å². The van der Waals surface area contributed by atoms with Gasteiger partial charge in [-0.3, -0.25) is 4.79 Å². The maximum Gasteiger partial charge on any atom is 0.243 e. The lowest BCUT2D eigenvalue weighted by molar-refractivity contribution is -0.115. The van der Waals surface area contributed by atoms with Crippen molar-refractivity contribution in [2.45, 2.75) is 28.9 Å². The smallest absolute Gasteiger partial charge is 0.243 e. The van der Waals surface area contributed by atoms with Gasteiger partial charge in [-0.05, 0) is 35.9 Å². The first-order chi connectivity index (χ1) is 15.9. The third kappa shape index (κ3) is 5.96. The molecule has 8 heteroatoms. The molecule has 0 unspecified atom stereocenters. The molecule has 1 atom stereocenters. The van der Waals surface area contributed by atoms with Crippen molar-refractivity contribution in [1.82, 2.24) is 4.31 Å². The van der Waals surface area contributed by atoms with Crippen LogP contribution in [0.5, 0.6) is 5.75 Å². The predicted octanol–water partition coefficient (Wildman–Crippen LogP) is 5.20. The molecular formula is C25H28N2O4S2. The van der Waals surface area contributed by atoms with Gasteiger partial charge < -0.3 is 10.1 Å². The van der Waals surface area contributed by atoms with Gasteiger partial charge in [-0.1, -0.05) is 62.4 Å². The number of anilines is 1. The van der Waals surface area contributed by atoms with Crippen LogP contribution in [-0.4, -0.2) is 38.8 Å². The Labute approximate surface area is 200 Å². The van der Waals surface area contributed by atoms with Gasteiger partial charge in [0.15, 0.2) is 0 Å². The summed E-state index contributed by atoms with van der Waals surface area (Å²) in [6, 6.07) is 23.7. The van der Waals surface area contributed by atoms with Crippen LogP contribution in [-0.2, 0) is 14.8 Å². The summed E-state index contributed by atoms with van der Waals surface area (Å²) in [5.74, 6) is 0.115. The van der Waals surface area contributed by atoms with Crippen molar-refractivity contribution >= 4 is 33.4 Å². The highest BCUT2D eigenvalue weighted by Gasteiger charge is 2.26. The number of nitrogens with zero attached hydrogens (tertiary/aromatic N) is 1. The number of carbonyl (C=O) groups is 1. The molecule has 0 heterocycles. The predicted molar refractivity (Wildman–Crippen MR) is 133 cm³/mol. The summed E-state index contributed by atoms with van der Waals surface area (Å²) < 4.78 is 32.8. The second-order valence-electron chi connectivity index (χ2n) is 7.16. The first-order valence-corrected chi connectivity index (χ1v) is 13.0. The first kappa shape index (κ1) is 24.8. The average Bonchev–Trinajstić information content (AvgIpc) is 2.84. The number of sulfonamides is 1. The summed E-state index contributed by atoms with van der Waals surface area (Å²) in [7, 11) is -2.20. The van der Waals surface area contributed by atoms with Crippen molar-refractivity contribution in [3.05, 3.63) is 84.4 Å². The Bertz CT molecular complexity index is 1170. The Morgan fingerprint density at radius 3 is 2.15 bits per heavy atom. The van der Waals surface area contributed by atoms with E-state index in [1.807, 2.05) is 60.7 Å². The Balaban J connectivity index is 1.96. The van der Waals surface area contributed by atoms with E-state index >= 15 is 0 Å². The van der Waals surface area contributed by atoms with E-state index in [2.05, 4.69) is 5.32 Å². The van der Waals surface area contributed by atoms with Crippen LogP contribution in [0.25, 0.3) is 0 Å². The van der Waals surface area contributed by atoms with Crippen LogP contribution >= 0.6 is 11.8 Å². The zero-order valence-electron chi connectivity index (χ0n) is 18.9. The van der Waals surface area contributed by atoms with Gasteiger partial charge in [0.1, 0.15) is 11.0 Å². The molecule has 0 aromatic heterocycles. The van der Waals surface area contributed by atoms with Crippen LogP contribution in [0.4, 0.5) is 5.69 Å². The standard InChI is InChI=1S/C25H28N2O4S2/c1-4-27(5-2)33(29,30)21-16-17-23(31-3)22(18-21)26-25(28)24(19-12-8-6-9-13-19)32-20-14-10-7-11-15-20/h6-18,24H,4-5H2,1-3H3,(H,26,28)/t24-/m1/s1. The van der Waals surface area contributed by atoms with Gasteiger partial charge in [-0.2, -0.15) is 4.31 Å². The van der Waals surface area contributed by atoms with Crippen LogP contribution in [0.3, 0.4) is 0 Å². The van der Waals surface area contributed by atoms with Gasteiger partial charge in [-0.15, -0.1) is 11.8 Å². The molecule has 1 amide bonds. The van der Waals surface area contributed by atoms with Crippen LogP contribution in [0, 0.1) is 0 Å². The summed E-state index contributed by atoms with van der Waals surface area (Å²) in [4.78, 5) is 14.5. The van der Waals surface area contributed by atoms with Crippen LogP contribution in [0.2, 0.25) is 0 Å². The second kappa shape index (κ2) is 11.4. The maximum atomic E-state index is 13.4. The molecule has 3 aromatic rings. The number of hydrogen-bond acceptors (Lipinski definition) is 5. The minimum atomic E-state index is -3.68. The lowest BCUT2D eigenvalue weighted by Crippen LogP contribution is -2.30. The number of methoxy groups -OCH3 is 1. The fourth-order valence-electron chi connectivity index (χ4n) is 3.39. The van der Waals surface area contributed by atoms with Crippen molar-refractivity contribution in [1.29, 1.82) is 0 Å². The Morgan fingerprint density at radius 1 is 0.970 bits per heavy atom. The van der Waals surface area contributed by atoms with Crippen molar-refractivity contribution in [2.75, 3.05) is 25.5 Å². The van der Waals surface area contributed by atoms with Crippen molar-refractivity contribution < 1.29 is 17.9 Å². The van der Waals surface area contributed by atoms with Gasteiger partial charge in [0, 0.05) is 18.0 Å². The summed E-state index contributed by atoms with van der Waals surface area (Å²) in [6.07, 6.45) is 0. The van der Waals surface area contributed by atoms with E-state index < -0.39 is 15.3 Å². The maximum absolute atomic E-state index is 13.4. The fraction of sp³-hybridized carbons (Fsp3) is 0.240. The topological polar surface area (TPSA) is 75.7 Å². The number of thioether (sulfide) groups is 1. The van der Waals surface area contributed by atoms with E-state index in [4.69, 9.17) is 4.74 Å². The number of nitrogens with one attached hydrogen (secondary N) is 1. The van der Waals surface area contributed by atoms with E-state index in [1.54, 1.807) is 19.9 Å². The Morgan fingerprint density at radius 2 is 1.58 bits per heavy atom. The van der Waals surface area contributed by atoms with E-state index in [0.717, 1.165) is 10.5 Å². The molecule has 0 radical (unpaired) electrons. The molecule has 6 nitrogen and oxygen atoms in total. The number of rotatable bonds is 10. The normalized spacial score (nSPS) is 12.4. The van der Waals surface area contributed by atoms with Crippen LogP contribution in [0.1, 0.15) is 24.7 Å². The molecule has 0 fully saturated rings. The average molecular weight is 485 g/mol. The van der Waals surface area contributed by atoms with Crippen LogP contribution in [0.15, 0.2) is 88.7 Å². The Kier molecular flexibility index (Phi) is 8.55. The van der Waals surface area contributed by atoms with Gasteiger partial charge in [0.2, 0.25) is 15.9 Å². The molecule has 3 rings (SSSR count). The molecule has 1 N–H and O–H groups in total. The van der Waals surface area contributed by atoms with E-state index in [0.29, 0.717) is 24.5 Å². The quantitative estimate of drug-likeness (QED) is 0.401. The molecule has 3 aromatic carbocycles. The molecule has 0 bridgehead atoms. The number of hydrogen-bond donors (Lipinski definition) is 1. The minimum absolute atomic E-state index is 0.106. The van der Waals surface area contributed by atoms with Crippen LogP contribution < -0.4 is 10.1 Å². The largest absolute Gasteiger partial charge is 0.495 e. The van der Waals surface area contributed by atoms with Crippen molar-refractivity contribution in [2.24, 2.45) is 0 Å². The lowest BCUT2D eigenvalue weighted by atomic mass is 10.1. The third-order valence-corrected chi connectivity index (χ3v) is 8.42. The number of ether oxygens (including phenoxy) is 1. The van der Waals surface area contributed by atoms with Gasteiger partial charge in [0.05, 0.1) is 17.7 Å². The lowest BCUT2D eigenvalue weighted by Gasteiger charge is -2.21. The molecule has 0 saturated heterocycles. The SMILES string of the molecule is CCN(CC)S(=O)(=O)c1ccc(OC)c(NC(=O)[C@H](Sc2ccccc2)c2ccccc2)c1. The highest BCUT2D eigenvalue weighted by molar-refractivity contribution is 8.00. The third-order valence-electron chi connectivity index (χ3n) is 5.11. The molecule has 33 heavy (non-hydrogen) atoms. The summed E-state index contributed by atoms with van der Waals surface area (Å²) in [6.45, 7) is 4.30. The fourth-order valence-corrected chi connectivity index (χ4v) is 5.92. The highest BCUT2D eigenvalue weighted by Crippen LogP contribution is 2.37. The number of carbonyl (C=O) groups excluding carboxylic acids is 1. The van der Waals surface area contributed by atoms with Gasteiger partial charge in [-0.25, -0.2) is 8.42 Å². The summed E-state index contributed by atoms with van der Waals surface area (Å²) in [5, 5.41) is 2.36. The second-order valence-corrected chi connectivity index (χ2v) is 10.3. The van der Waals surface area contributed by atoms with Gasteiger partial charge >= 0.3 is 0 Å². The van der Waals surface area contributed by atoms with Crippen molar-refractivity contribution in [3.63, 3.8) is 0 Å². The number of amides is 1. The zero-order valence-corrected chi connectivity index (χ0v) is 20.5. The van der Waals surface area contributed by atoms with E-state index in [1.165, 1.54) is 35.3 Å². The summed E-state index contributed by atoms with van der Waals surface area (Å²) in [5.41, 5.74) is 1.15. The monoisotopic (exact) mass is 484 g/mol. The molecular weight excluding hydrogens is 456 g/mol. The molecule has 0 spiro atoms. The number of benzene rings is 3. The minimum Gasteiger partial charge on any atom is -0.495 e. The molecule has 0 saturated carbocycles. The summed E-state index contributed by atoms with van der Waals surface area (Å²) >= 11 is 1.43.